The number of halogens is 1. The summed E-state index contributed by atoms with van der Waals surface area (Å²) < 4.78 is 12.9. The normalized spacial score (nSPS) is 10.3. The molecule has 0 aliphatic heterocycles. The van der Waals surface area contributed by atoms with Crippen molar-refractivity contribution in [3.05, 3.63) is 89.8 Å². The fourth-order valence-electron chi connectivity index (χ4n) is 2.43. The molecule has 3 rings (SSSR count). The van der Waals surface area contributed by atoms with Crippen LogP contribution in [0.15, 0.2) is 67.1 Å². The number of anilines is 1. The summed E-state index contributed by atoms with van der Waals surface area (Å²) in [6.45, 7) is 1.02. The summed E-state index contributed by atoms with van der Waals surface area (Å²) in [5, 5.41) is 6.05. The second-order valence-corrected chi connectivity index (χ2v) is 5.77. The van der Waals surface area contributed by atoms with Crippen LogP contribution in [0.25, 0.3) is 0 Å². The van der Waals surface area contributed by atoms with Gasteiger partial charge in [-0.25, -0.2) is 4.39 Å². The molecule has 3 aromatic rings. The monoisotopic (exact) mass is 350 g/mol. The van der Waals surface area contributed by atoms with Crippen LogP contribution in [-0.2, 0) is 13.0 Å². The molecule has 0 radical (unpaired) electrons. The summed E-state index contributed by atoms with van der Waals surface area (Å²) in [5.41, 5.74) is 3.11. The summed E-state index contributed by atoms with van der Waals surface area (Å²) in [7, 11) is 0. The molecular formula is C20H19FN4O. The molecule has 132 valence electrons. The number of nitrogens with zero attached hydrogens (tertiary/aromatic N) is 2. The van der Waals surface area contributed by atoms with Crippen LogP contribution in [0.3, 0.4) is 0 Å². The highest BCUT2D eigenvalue weighted by molar-refractivity contribution is 5.94. The molecule has 0 aliphatic rings. The van der Waals surface area contributed by atoms with Crippen molar-refractivity contribution in [1.29, 1.82) is 0 Å². The Labute approximate surface area is 151 Å². The number of carbonyl (C=O) groups excluding carboxylic acids is 1. The van der Waals surface area contributed by atoms with Gasteiger partial charge >= 0.3 is 0 Å². The molecule has 2 N–H and O–H groups in total. The van der Waals surface area contributed by atoms with Crippen molar-refractivity contribution in [2.24, 2.45) is 0 Å². The van der Waals surface area contributed by atoms with Crippen LogP contribution in [0.5, 0.6) is 0 Å². The first-order valence-electron chi connectivity index (χ1n) is 8.32. The Kier molecular flexibility index (Phi) is 5.88. The number of rotatable bonds is 7. The SMILES string of the molecule is O=C(NCCc1ccc(F)cc1)c1cncc(NCc2ccccn2)c1. The Hall–Kier alpha value is -3.28. The molecule has 0 spiro atoms. The van der Waals surface area contributed by atoms with Crippen molar-refractivity contribution in [3.63, 3.8) is 0 Å². The third kappa shape index (κ3) is 5.11. The standard InChI is InChI=1S/C20H19FN4O/c21-17-6-4-15(5-7-17)8-10-24-20(26)16-11-19(13-22-12-16)25-14-18-3-1-2-9-23-18/h1-7,9,11-13,25H,8,10,14H2,(H,24,26). The van der Waals surface area contributed by atoms with Gasteiger partial charge in [-0.1, -0.05) is 18.2 Å². The number of nitrogens with one attached hydrogen (secondary N) is 2. The fourth-order valence-corrected chi connectivity index (χ4v) is 2.43. The zero-order valence-electron chi connectivity index (χ0n) is 14.2. The minimum atomic E-state index is -0.265. The van der Waals surface area contributed by atoms with Gasteiger partial charge in [-0.2, -0.15) is 0 Å². The van der Waals surface area contributed by atoms with Gasteiger partial charge in [0.2, 0.25) is 0 Å². The summed E-state index contributed by atoms with van der Waals surface area (Å²) in [5.74, 6) is -0.458. The van der Waals surface area contributed by atoms with Gasteiger partial charge < -0.3 is 10.6 Å². The Balaban J connectivity index is 1.51. The lowest BCUT2D eigenvalue weighted by Gasteiger charge is -2.08. The van der Waals surface area contributed by atoms with Gasteiger partial charge in [0.25, 0.3) is 5.91 Å². The summed E-state index contributed by atoms with van der Waals surface area (Å²) in [6.07, 6.45) is 5.56. The van der Waals surface area contributed by atoms with Crippen LogP contribution in [0.4, 0.5) is 10.1 Å². The lowest BCUT2D eigenvalue weighted by atomic mass is 10.1. The predicted molar refractivity (Wildman–Crippen MR) is 98.2 cm³/mol. The van der Waals surface area contributed by atoms with E-state index in [9.17, 15) is 9.18 Å². The van der Waals surface area contributed by atoms with E-state index in [0.29, 0.717) is 25.1 Å². The quantitative estimate of drug-likeness (QED) is 0.687. The van der Waals surface area contributed by atoms with Crippen LogP contribution < -0.4 is 10.6 Å². The van der Waals surface area contributed by atoms with Crippen LogP contribution in [0.1, 0.15) is 21.6 Å². The smallest absolute Gasteiger partial charge is 0.252 e. The number of hydrogen-bond donors (Lipinski definition) is 2. The second-order valence-electron chi connectivity index (χ2n) is 5.77. The molecule has 2 heterocycles. The van der Waals surface area contributed by atoms with E-state index < -0.39 is 0 Å². The van der Waals surface area contributed by atoms with Gasteiger partial charge in [-0.3, -0.25) is 14.8 Å². The minimum Gasteiger partial charge on any atom is -0.378 e. The Morgan fingerprint density at radius 2 is 1.92 bits per heavy atom. The van der Waals surface area contributed by atoms with Gasteiger partial charge in [-0.15, -0.1) is 0 Å². The Bertz CT molecular complexity index is 853. The van der Waals surface area contributed by atoms with Crippen molar-refractivity contribution in [1.82, 2.24) is 15.3 Å². The van der Waals surface area contributed by atoms with E-state index in [1.54, 1.807) is 30.6 Å². The highest BCUT2D eigenvalue weighted by Crippen LogP contribution is 2.10. The average molecular weight is 350 g/mol. The van der Waals surface area contributed by atoms with Crippen molar-refractivity contribution < 1.29 is 9.18 Å². The number of benzene rings is 1. The molecule has 0 aliphatic carbocycles. The molecule has 26 heavy (non-hydrogen) atoms. The third-order valence-electron chi connectivity index (χ3n) is 3.81. The van der Waals surface area contributed by atoms with Crippen LogP contribution in [0.2, 0.25) is 0 Å². The molecule has 1 amide bonds. The van der Waals surface area contributed by atoms with E-state index in [4.69, 9.17) is 0 Å². The van der Waals surface area contributed by atoms with Crippen LogP contribution in [-0.4, -0.2) is 22.4 Å². The molecule has 1 aromatic carbocycles. The summed E-state index contributed by atoms with van der Waals surface area (Å²) in [6, 6.07) is 13.7. The number of hydrogen-bond acceptors (Lipinski definition) is 4. The maximum atomic E-state index is 12.9. The zero-order chi connectivity index (χ0) is 18.2. The minimum absolute atomic E-state index is 0.193. The van der Waals surface area contributed by atoms with Gasteiger partial charge in [0, 0.05) is 25.1 Å². The molecule has 6 heteroatoms. The molecule has 0 saturated heterocycles. The Morgan fingerprint density at radius 1 is 1.08 bits per heavy atom. The lowest BCUT2D eigenvalue weighted by molar-refractivity contribution is 0.0954. The molecular weight excluding hydrogens is 331 g/mol. The number of amides is 1. The second kappa shape index (κ2) is 8.71. The summed E-state index contributed by atoms with van der Waals surface area (Å²) >= 11 is 0. The molecule has 0 unspecified atom stereocenters. The molecule has 5 nitrogen and oxygen atoms in total. The van der Waals surface area contributed by atoms with Crippen LogP contribution in [0, 0.1) is 5.82 Å². The zero-order valence-corrected chi connectivity index (χ0v) is 14.2. The fraction of sp³-hybridized carbons (Fsp3) is 0.150. The van der Waals surface area contributed by atoms with Gasteiger partial charge in [-0.05, 0) is 42.3 Å². The van der Waals surface area contributed by atoms with Crippen molar-refractivity contribution >= 4 is 11.6 Å². The maximum absolute atomic E-state index is 12.9. The molecule has 2 aromatic heterocycles. The van der Waals surface area contributed by atoms with Crippen molar-refractivity contribution in [2.45, 2.75) is 13.0 Å². The first-order chi connectivity index (χ1) is 12.7. The van der Waals surface area contributed by atoms with E-state index in [-0.39, 0.29) is 11.7 Å². The predicted octanol–water partition coefficient (Wildman–Crippen LogP) is 3.20. The van der Waals surface area contributed by atoms with E-state index >= 15 is 0 Å². The lowest BCUT2D eigenvalue weighted by Crippen LogP contribution is -2.25. The van der Waals surface area contributed by atoms with Crippen LogP contribution >= 0.6 is 0 Å². The van der Waals surface area contributed by atoms with Gasteiger partial charge in [0.05, 0.1) is 23.5 Å². The molecule has 0 saturated carbocycles. The molecule has 0 bridgehead atoms. The highest BCUT2D eigenvalue weighted by atomic mass is 19.1. The van der Waals surface area contributed by atoms with E-state index in [1.807, 2.05) is 18.2 Å². The first-order valence-corrected chi connectivity index (χ1v) is 8.32. The topological polar surface area (TPSA) is 66.9 Å². The Morgan fingerprint density at radius 3 is 2.69 bits per heavy atom. The molecule has 0 atom stereocenters. The number of pyridine rings is 2. The number of carbonyl (C=O) groups is 1. The van der Waals surface area contributed by atoms with Gasteiger partial charge in [0.1, 0.15) is 5.82 Å². The van der Waals surface area contributed by atoms with Crippen molar-refractivity contribution in [2.75, 3.05) is 11.9 Å². The largest absolute Gasteiger partial charge is 0.378 e. The van der Waals surface area contributed by atoms with E-state index in [1.165, 1.54) is 18.3 Å². The maximum Gasteiger partial charge on any atom is 0.252 e. The summed E-state index contributed by atoms with van der Waals surface area (Å²) in [4.78, 5) is 20.6. The highest BCUT2D eigenvalue weighted by Gasteiger charge is 2.07. The van der Waals surface area contributed by atoms with E-state index in [2.05, 4.69) is 20.6 Å². The molecule has 0 fully saturated rings. The number of aromatic nitrogens is 2. The van der Waals surface area contributed by atoms with Gasteiger partial charge in [0.15, 0.2) is 0 Å². The van der Waals surface area contributed by atoms with Crippen molar-refractivity contribution in [3.8, 4) is 0 Å². The first kappa shape index (κ1) is 17.5. The third-order valence-corrected chi connectivity index (χ3v) is 3.81. The average Bonchev–Trinajstić information content (AvgIpc) is 2.69. The van der Waals surface area contributed by atoms with E-state index in [0.717, 1.165) is 16.9 Å².